The summed E-state index contributed by atoms with van der Waals surface area (Å²) in [5.41, 5.74) is 1.05. The monoisotopic (exact) mass is 250 g/mol. The lowest BCUT2D eigenvalue weighted by molar-refractivity contribution is 0.126. The maximum absolute atomic E-state index is 9.51. The first-order chi connectivity index (χ1) is 8.60. The fraction of sp³-hybridized carbons (Fsp3) is 0.692. The summed E-state index contributed by atoms with van der Waals surface area (Å²) in [6.07, 6.45) is 3.63. The molecular formula is C13H22N4O. The summed E-state index contributed by atoms with van der Waals surface area (Å²) >= 11 is 0. The Morgan fingerprint density at radius 3 is 2.28 bits per heavy atom. The van der Waals surface area contributed by atoms with E-state index in [1.54, 1.807) is 0 Å². The second kappa shape index (κ2) is 5.52. The van der Waals surface area contributed by atoms with E-state index in [-0.39, 0.29) is 6.10 Å². The second-order valence-corrected chi connectivity index (χ2v) is 4.99. The van der Waals surface area contributed by atoms with Crippen LogP contribution in [0.3, 0.4) is 0 Å². The SMILES string of the molecule is CNc1nc(C)nc(NC2CCC(O)CC2)c1C. The average Bonchev–Trinajstić information content (AvgIpc) is 2.36. The Bertz CT molecular complexity index is 414. The van der Waals surface area contributed by atoms with Gasteiger partial charge >= 0.3 is 0 Å². The maximum Gasteiger partial charge on any atom is 0.134 e. The zero-order valence-electron chi connectivity index (χ0n) is 11.3. The molecule has 100 valence electrons. The highest BCUT2D eigenvalue weighted by Gasteiger charge is 2.20. The molecule has 5 nitrogen and oxygen atoms in total. The molecular weight excluding hydrogens is 228 g/mol. The van der Waals surface area contributed by atoms with E-state index in [0.29, 0.717) is 6.04 Å². The highest BCUT2D eigenvalue weighted by atomic mass is 16.3. The van der Waals surface area contributed by atoms with Crippen LogP contribution in [0.2, 0.25) is 0 Å². The summed E-state index contributed by atoms with van der Waals surface area (Å²) in [5.74, 6) is 2.55. The van der Waals surface area contributed by atoms with E-state index in [1.807, 2.05) is 20.9 Å². The van der Waals surface area contributed by atoms with Gasteiger partial charge in [0.2, 0.25) is 0 Å². The Labute approximate surface area is 108 Å². The van der Waals surface area contributed by atoms with Crippen LogP contribution < -0.4 is 10.6 Å². The van der Waals surface area contributed by atoms with Crippen molar-refractivity contribution in [3.05, 3.63) is 11.4 Å². The molecule has 1 aromatic rings. The van der Waals surface area contributed by atoms with Crippen molar-refractivity contribution in [3.63, 3.8) is 0 Å². The molecule has 0 aromatic carbocycles. The van der Waals surface area contributed by atoms with E-state index >= 15 is 0 Å². The number of anilines is 2. The number of aliphatic hydroxyl groups excluding tert-OH is 1. The first-order valence-electron chi connectivity index (χ1n) is 6.57. The minimum absolute atomic E-state index is 0.121. The van der Waals surface area contributed by atoms with Crippen molar-refractivity contribution in [1.29, 1.82) is 0 Å². The van der Waals surface area contributed by atoms with Crippen LogP contribution in [0, 0.1) is 13.8 Å². The molecule has 1 saturated carbocycles. The van der Waals surface area contributed by atoms with Crippen LogP contribution >= 0.6 is 0 Å². The van der Waals surface area contributed by atoms with Gasteiger partial charge in [-0.25, -0.2) is 9.97 Å². The minimum Gasteiger partial charge on any atom is -0.393 e. The number of aliphatic hydroxyl groups is 1. The van der Waals surface area contributed by atoms with E-state index in [4.69, 9.17) is 0 Å². The maximum atomic E-state index is 9.51. The number of rotatable bonds is 3. The van der Waals surface area contributed by atoms with E-state index in [0.717, 1.165) is 48.7 Å². The van der Waals surface area contributed by atoms with E-state index in [9.17, 15) is 5.11 Å². The van der Waals surface area contributed by atoms with Crippen molar-refractivity contribution in [2.75, 3.05) is 17.7 Å². The molecule has 0 amide bonds. The Morgan fingerprint density at radius 1 is 1.06 bits per heavy atom. The smallest absolute Gasteiger partial charge is 0.134 e. The third-order valence-electron chi connectivity index (χ3n) is 3.53. The Hall–Kier alpha value is -1.36. The van der Waals surface area contributed by atoms with Gasteiger partial charge in [-0.3, -0.25) is 0 Å². The van der Waals surface area contributed by atoms with Gasteiger partial charge < -0.3 is 15.7 Å². The zero-order valence-corrected chi connectivity index (χ0v) is 11.3. The molecule has 1 aliphatic carbocycles. The molecule has 1 aromatic heterocycles. The van der Waals surface area contributed by atoms with Crippen molar-refractivity contribution >= 4 is 11.6 Å². The molecule has 0 aliphatic heterocycles. The van der Waals surface area contributed by atoms with Gasteiger partial charge in [0.15, 0.2) is 0 Å². The minimum atomic E-state index is -0.121. The Morgan fingerprint density at radius 2 is 1.67 bits per heavy atom. The van der Waals surface area contributed by atoms with Gasteiger partial charge in [-0.05, 0) is 39.5 Å². The van der Waals surface area contributed by atoms with Crippen LogP contribution in [0.5, 0.6) is 0 Å². The summed E-state index contributed by atoms with van der Waals surface area (Å²) in [4.78, 5) is 8.82. The third kappa shape index (κ3) is 2.90. The predicted octanol–water partition coefficient (Wildman–Crippen LogP) is 1.85. The first-order valence-corrected chi connectivity index (χ1v) is 6.57. The Kier molecular flexibility index (Phi) is 4.01. The highest BCUT2D eigenvalue weighted by molar-refractivity contribution is 5.57. The van der Waals surface area contributed by atoms with Crippen LogP contribution in [0.25, 0.3) is 0 Å². The van der Waals surface area contributed by atoms with Gasteiger partial charge in [0.05, 0.1) is 6.10 Å². The molecule has 3 N–H and O–H groups in total. The lowest BCUT2D eigenvalue weighted by Crippen LogP contribution is -2.29. The standard InChI is InChI=1S/C13H22N4O/c1-8-12(14-3)15-9(2)16-13(8)17-10-4-6-11(18)7-5-10/h10-11,18H,4-7H2,1-3H3,(H2,14,15,16,17). The van der Waals surface area contributed by atoms with Crippen molar-refractivity contribution in [1.82, 2.24) is 9.97 Å². The molecule has 0 bridgehead atoms. The third-order valence-corrected chi connectivity index (χ3v) is 3.53. The number of nitrogens with one attached hydrogen (secondary N) is 2. The molecule has 0 radical (unpaired) electrons. The van der Waals surface area contributed by atoms with Gasteiger partial charge in [0.1, 0.15) is 17.5 Å². The lowest BCUT2D eigenvalue weighted by Gasteiger charge is -2.27. The number of aryl methyl sites for hydroxylation is 1. The van der Waals surface area contributed by atoms with E-state index < -0.39 is 0 Å². The van der Waals surface area contributed by atoms with Crippen LogP contribution in [0.1, 0.15) is 37.1 Å². The quantitative estimate of drug-likeness (QED) is 0.763. The highest BCUT2D eigenvalue weighted by Crippen LogP contribution is 2.25. The molecule has 18 heavy (non-hydrogen) atoms. The molecule has 0 saturated heterocycles. The van der Waals surface area contributed by atoms with Crippen LogP contribution in [-0.4, -0.2) is 34.3 Å². The van der Waals surface area contributed by atoms with Crippen molar-refractivity contribution in [3.8, 4) is 0 Å². The first kappa shape index (κ1) is 13.1. The number of hydrogen-bond donors (Lipinski definition) is 3. The molecule has 2 rings (SSSR count). The van der Waals surface area contributed by atoms with Crippen LogP contribution in [-0.2, 0) is 0 Å². The van der Waals surface area contributed by atoms with Gasteiger partial charge in [-0.15, -0.1) is 0 Å². The largest absolute Gasteiger partial charge is 0.393 e. The zero-order chi connectivity index (χ0) is 13.1. The number of aromatic nitrogens is 2. The normalized spacial score (nSPS) is 23.8. The summed E-state index contributed by atoms with van der Waals surface area (Å²) in [7, 11) is 1.87. The molecule has 5 heteroatoms. The Balaban J connectivity index is 2.11. The molecule has 1 aliphatic rings. The lowest BCUT2D eigenvalue weighted by atomic mass is 9.93. The van der Waals surface area contributed by atoms with Crippen molar-refractivity contribution in [2.45, 2.75) is 51.7 Å². The van der Waals surface area contributed by atoms with Gasteiger partial charge in [-0.1, -0.05) is 0 Å². The van der Waals surface area contributed by atoms with Crippen LogP contribution in [0.4, 0.5) is 11.6 Å². The second-order valence-electron chi connectivity index (χ2n) is 4.99. The molecule has 0 spiro atoms. The van der Waals surface area contributed by atoms with Crippen LogP contribution in [0.15, 0.2) is 0 Å². The van der Waals surface area contributed by atoms with Gasteiger partial charge in [0.25, 0.3) is 0 Å². The van der Waals surface area contributed by atoms with Gasteiger partial charge in [0, 0.05) is 18.7 Å². The molecule has 1 fully saturated rings. The van der Waals surface area contributed by atoms with Gasteiger partial charge in [-0.2, -0.15) is 0 Å². The fourth-order valence-electron chi connectivity index (χ4n) is 2.43. The molecule has 0 unspecified atom stereocenters. The number of hydrogen-bond acceptors (Lipinski definition) is 5. The van der Waals surface area contributed by atoms with Crippen molar-refractivity contribution < 1.29 is 5.11 Å². The van der Waals surface area contributed by atoms with E-state index in [1.165, 1.54) is 0 Å². The van der Waals surface area contributed by atoms with Crippen molar-refractivity contribution in [2.24, 2.45) is 0 Å². The fourth-order valence-corrected chi connectivity index (χ4v) is 2.43. The predicted molar refractivity (Wildman–Crippen MR) is 72.9 cm³/mol. The molecule has 0 atom stereocenters. The summed E-state index contributed by atoms with van der Waals surface area (Å²) in [5, 5.41) is 16.1. The number of nitrogens with zero attached hydrogens (tertiary/aromatic N) is 2. The summed E-state index contributed by atoms with van der Waals surface area (Å²) < 4.78 is 0. The molecule has 1 heterocycles. The van der Waals surface area contributed by atoms with E-state index in [2.05, 4.69) is 20.6 Å². The average molecular weight is 250 g/mol. The summed E-state index contributed by atoms with van der Waals surface area (Å²) in [6.45, 7) is 3.92. The summed E-state index contributed by atoms with van der Waals surface area (Å²) in [6, 6.07) is 0.408. The topological polar surface area (TPSA) is 70.1 Å².